The largest absolute Gasteiger partial charge is 0.456 e. The molecule has 0 fully saturated rings. The van der Waals surface area contributed by atoms with Crippen molar-refractivity contribution in [3.8, 4) is 56.2 Å². The zero-order valence-electron chi connectivity index (χ0n) is 29.8. The number of nitrogens with zero attached hydrogens (tertiary/aromatic N) is 2. The van der Waals surface area contributed by atoms with Gasteiger partial charge in [-0.2, -0.15) is 0 Å². The van der Waals surface area contributed by atoms with Crippen molar-refractivity contribution < 1.29 is 4.42 Å². The number of furan rings is 1. The van der Waals surface area contributed by atoms with Gasteiger partial charge in [0.1, 0.15) is 11.2 Å². The van der Waals surface area contributed by atoms with Crippen LogP contribution in [0.5, 0.6) is 0 Å². The van der Waals surface area contributed by atoms with Crippen LogP contribution < -0.4 is 0 Å². The second kappa shape index (κ2) is 12.6. The molecule has 0 unspecified atom stereocenters. The van der Waals surface area contributed by atoms with Gasteiger partial charge in [-0.25, -0.2) is 9.97 Å². The van der Waals surface area contributed by atoms with E-state index in [4.69, 9.17) is 14.4 Å². The van der Waals surface area contributed by atoms with E-state index in [2.05, 4.69) is 170 Å². The van der Waals surface area contributed by atoms with Crippen LogP contribution in [0.25, 0.3) is 110 Å². The minimum atomic E-state index is 0.669. The predicted molar refractivity (Wildman–Crippen MR) is 229 cm³/mol. The van der Waals surface area contributed by atoms with Gasteiger partial charge in [0.05, 0.1) is 11.4 Å². The molecule has 0 spiro atoms. The second-order valence-corrected chi connectivity index (χ2v) is 14.1. The molecule has 0 aliphatic heterocycles. The van der Waals surface area contributed by atoms with E-state index in [0.717, 1.165) is 61.1 Å². The maximum absolute atomic E-state index is 6.31. The molecule has 0 amide bonds. The van der Waals surface area contributed by atoms with Crippen LogP contribution in [0.4, 0.5) is 0 Å². The molecule has 9 aromatic carbocycles. The molecule has 55 heavy (non-hydrogen) atoms. The summed E-state index contributed by atoms with van der Waals surface area (Å²) < 4.78 is 6.31. The Balaban J connectivity index is 1.07. The highest BCUT2D eigenvalue weighted by Gasteiger charge is 2.16. The van der Waals surface area contributed by atoms with Crippen LogP contribution in [0.3, 0.4) is 0 Å². The first-order chi connectivity index (χ1) is 27.2. The first kappa shape index (κ1) is 31.2. The summed E-state index contributed by atoms with van der Waals surface area (Å²) in [6.45, 7) is 0. The van der Waals surface area contributed by atoms with Crippen LogP contribution in [0.1, 0.15) is 0 Å². The lowest BCUT2D eigenvalue weighted by Crippen LogP contribution is -1.96. The van der Waals surface area contributed by atoms with E-state index in [-0.39, 0.29) is 0 Å². The number of fused-ring (bicyclic) bond motifs is 7. The van der Waals surface area contributed by atoms with Crippen molar-refractivity contribution in [2.75, 3.05) is 0 Å². The fourth-order valence-corrected chi connectivity index (χ4v) is 8.16. The Labute approximate surface area is 317 Å². The van der Waals surface area contributed by atoms with Crippen molar-refractivity contribution in [1.29, 1.82) is 0 Å². The number of rotatable bonds is 5. The molecule has 0 bridgehead atoms. The molecule has 0 radical (unpaired) electrons. The fourth-order valence-electron chi connectivity index (χ4n) is 8.16. The Morgan fingerprint density at radius 1 is 0.291 bits per heavy atom. The number of para-hydroxylation sites is 1. The standard InChI is InChI=1S/C52H32N2O/c1-2-11-33(12-3-1)37-15-10-16-39(29-37)47-32-48(40-26-27-44-43-19-8-9-20-49(43)55-50(44)31-40)54-52(53-47)36-23-21-35(22-24-36)51-42-18-7-5-14-38(42)30-46-41-17-6-4-13-34(41)25-28-45(46)51/h1-32H. The van der Waals surface area contributed by atoms with Gasteiger partial charge in [-0.15, -0.1) is 0 Å². The highest BCUT2D eigenvalue weighted by Crippen LogP contribution is 2.40. The Morgan fingerprint density at radius 2 is 0.891 bits per heavy atom. The van der Waals surface area contributed by atoms with Gasteiger partial charge in [0.25, 0.3) is 0 Å². The Kier molecular flexibility index (Phi) is 7.17. The van der Waals surface area contributed by atoms with Gasteiger partial charge in [-0.1, -0.05) is 158 Å². The van der Waals surface area contributed by atoms with Gasteiger partial charge >= 0.3 is 0 Å². The molecule has 0 atom stereocenters. The van der Waals surface area contributed by atoms with Crippen molar-refractivity contribution in [3.63, 3.8) is 0 Å². The van der Waals surface area contributed by atoms with Crippen molar-refractivity contribution in [1.82, 2.24) is 9.97 Å². The molecule has 3 heteroatoms. The summed E-state index contributed by atoms with van der Waals surface area (Å²) in [5.74, 6) is 0.669. The lowest BCUT2D eigenvalue weighted by molar-refractivity contribution is 0.669. The van der Waals surface area contributed by atoms with Crippen LogP contribution in [-0.4, -0.2) is 9.97 Å². The third kappa shape index (κ3) is 5.36. The van der Waals surface area contributed by atoms with E-state index < -0.39 is 0 Å². The van der Waals surface area contributed by atoms with Gasteiger partial charge in [-0.05, 0) is 91.0 Å². The molecule has 0 saturated heterocycles. The molecule has 0 N–H and O–H groups in total. The quantitative estimate of drug-likeness (QED) is 0.133. The summed E-state index contributed by atoms with van der Waals surface area (Å²) in [6.07, 6.45) is 0. The van der Waals surface area contributed by atoms with Crippen LogP contribution >= 0.6 is 0 Å². The molecule has 11 rings (SSSR count). The predicted octanol–water partition coefficient (Wildman–Crippen LogP) is 14.2. The summed E-state index contributed by atoms with van der Waals surface area (Å²) in [6, 6.07) is 68.7. The van der Waals surface area contributed by atoms with Gasteiger partial charge < -0.3 is 4.42 Å². The Morgan fingerprint density at radius 3 is 1.73 bits per heavy atom. The van der Waals surface area contributed by atoms with E-state index in [1.165, 1.54) is 43.4 Å². The third-order valence-corrected chi connectivity index (χ3v) is 10.9. The third-order valence-electron chi connectivity index (χ3n) is 10.9. The van der Waals surface area contributed by atoms with Crippen LogP contribution in [-0.2, 0) is 0 Å². The molecule has 3 nitrogen and oxygen atoms in total. The van der Waals surface area contributed by atoms with E-state index in [1.54, 1.807) is 0 Å². The molecule has 0 saturated carbocycles. The van der Waals surface area contributed by atoms with Gasteiger partial charge in [0.15, 0.2) is 5.82 Å². The lowest BCUT2D eigenvalue weighted by Gasteiger charge is -2.15. The van der Waals surface area contributed by atoms with Gasteiger partial charge in [0, 0.05) is 27.5 Å². The van der Waals surface area contributed by atoms with Crippen LogP contribution in [0.15, 0.2) is 199 Å². The Bertz CT molecular complexity index is 3250. The minimum Gasteiger partial charge on any atom is -0.456 e. The molecule has 0 aliphatic rings. The molecule has 11 aromatic rings. The maximum Gasteiger partial charge on any atom is 0.160 e. The zero-order valence-corrected chi connectivity index (χ0v) is 29.8. The number of hydrogen-bond donors (Lipinski definition) is 0. The van der Waals surface area contributed by atoms with E-state index >= 15 is 0 Å². The summed E-state index contributed by atoms with van der Waals surface area (Å²) in [5, 5.41) is 9.67. The molecule has 2 aromatic heterocycles. The van der Waals surface area contributed by atoms with Gasteiger partial charge in [0.2, 0.25) is 0 Å². The number of hydrogen-bond acceptors (Lipinski definition) is 3. The maximum atomic E-state index is 6.31. The summed E-state index contributed by atoms with van der Waals surface area (Å²) in [4.78, 5) is 10.5. The minimum absolute atomic E-state index is 0.669. The molecule has 0 aliphatic carbocycles. The van der Waals surface area contributed by atoms with Crippen LogP contribution in [0, 0.1) is 0 Å². The first-order valence-electron chi connectivity index (χ1n) is 18.6. The van der Waals surface area contributed by atoms with Gasteiger partial charge in [-0.3, -0.25) is 0 Å². The van der Waals surface area contributed by atoms with Crippen molar-refractivity contribution in [2.45, 2.75) is 0 Å². The number of benzene rings is 9. The average Bonchev–Trinajstić information content (AvgIpc) is 3.64. The van der Waals surface area contributed by atoms with E-state index in [0.29, 0.717) is 5.82 Å². The molecule has 256 valence electrons. The molecule has 2 heterocycles. The topological polar surface area (TPSA) is 38.9 Å². The summed E-state index contributed by atoms with van der Waals surface area (Å²) in [5.41, 5.74) is 11.1. The normalized spacial score (nSPS) is 11.6. The van der Waals surface area contributed by atoms with E-state index in [9.17, 15) is 0 Å². The van der Waals surface area contributed by atoms with Crippen molar-refractivity contribution in [2.24, 2.45) is 0 Å². The average molecular weight is 701 g/mol. The second-order valence-electron chi connectivity index (χ2n) is 14.1. The number of aromatic nitrogens is 2. The smallest absolute Gasteiger partial charge is 0.160 e. The van der Waals surface area contributed by atoms with Crippen molar-refractivity contribution in [3.05, 3.63) is 194 Å². The summed E-state index contributed by atoms with van der Waals surface area (Å²) >= 11 is 0. The highest BCUT2D eigenvalue weighted by atomic mass is 16.3. The molecular weight excluding hydrogens is 669 g/mol. The van der Waals surface area contributed by atoms with Crippen LogP contribution in [0.2, 0.25) is 0 Å². The fraction of sp³-hybridized carbons (Fsp3) is 0. The lowest BCUT2D eigenvalue weighted by atomic mass is 9.89. The Hall–Kier alpha value is -7.36. The highest BCUT2D eigenvalue weighted by molar-refractivity contribution is 6.20. The van der Waals surface area contributed by atoms with E-state index in [1.807, 2.05) is 24.3 Å². The summed E-state index contributed by atoms with van der Waals surface area (Å²) in [7, 11) is 0. The van der Waals surface area contributed by atoms with Crippen molar-refractivity contribution >= 4 is 54.3 Å². The molecular formula is C52H32N2O. The monoisotopic (exact) mass is 700 g/mol. The zero-order chi connectivity index (χ0) is 36.3. The first-order valence-corrected chi connectivity index (χ1v) is 18.6. The SMILES string of the molecule is c1ccc(-c2cccc(-c3cc(-c4ccc5c(c4)oc4ccccc45)nc(-c4ccc(-c5c6ccccc6cc6c5ccc5ccccc56)cc4)n3)c2)cc1.